The van der Waals surface area contributed by atoms with Crippen molar-refractivity contribution >= 4 is 22.6 Å². The second-order valence-electron chi connectivity index (χ2n) is 4.30. The van der Waals surface area contributed by atoms with Crippen molar-refractivity contribution in [3.8, 4) is 5.75 Å². The van der Waals surface area contributed by atoms with Crippen molar-refractivity contribution in [1.82, 2.24) is 10.9 Å². The second-order valence-corrected chi connectivity index (χ2v) is 4.30. The average Bonchev–Trinajstić information content (AvgIpc) is 2.49. The number of carbonyl (C=O) groups is 2. The summed E-state index contributed by atoms with van der Waals surface area (Å²) in [6.45, 7) is -0.531. The quantitative estimate of drug-likeness (QED) is 0.851. The Hall–Kier alpha value is -2.77. The zero-order chi connectivity index (χ0) is 16.2. The van der Waals surface area contributed by atoms with E-state index < -0.39 is 24.6 Å². The Morgan fingerprint density at radius 3 is 2.36 bits per heavy atom. The molecule has 2 amide bonds. The molecule has 0 radical (unpaired) electrons. The minimum Gasteiger partial charge on any atom is -0.484 e. The Labute approximate surface area is 123 Å². The van der Waals surface area contributed by atoms with Gasteiger partial charge in [-0.15, -0.1) is 0 Å². The molecular formula is C14H11F3N2O3. The zero-order valence-electron chi connectivity index (χ0n) is 11.1. The third kappa shape index (κ3) is 4.11. The van der Waals surface area contributed by atoms with E-state index in [-0.39, 0.29) is 0 Å². The van der Waals surface area contributed by atoms with Gasteiger partial charge in [-0.25, -0.2) is 0 Å². The Morgan fingerprint density at radius 2 is 1.68 bits per heavy atom. The molecule has 0 spiro atoms. The lowest BCUT2D eigenvalue weighted by molar-refractivity contribution is -0.175. The number of nitrogens with one attached hydrogen (secondary N) is 2. The number of benzene rings is 2. The number of hydrogen-bond acceptors (Lipinski definition) is 3. The summed E-state index contributed by atoms with van der Waals surface area (Å²) in [6.07, 6.45) is -5.06. The summed E-state index contributed by atoms with van der Waals surface area (Å²) in [4.78, 5) is 21.8. The van der Waals surface area contributed by atoms with Gasteiger partial charge in [-0.05, 0) is 22.9 Å². The number of hydrazine groups is 1. The number of halogens is 3. The Morgan fingerprint density at radius 1 is 1.00 bits per heavy atom. The van der Waals surface area contributed by atoms with Crippen LogP contribution in [0.2, 0.25) is 0 Å². The van der Waals surface area contributed by atoms with Crippen molar-refractivity contribution in [3.05, 3.63) is 42.5 Å². The summed E-state index contributed by atoms with van der Waals surface area (Å²) in [5, 5.41) is 1.88. The lowest BCUT2D eigenvalue weighted by Gasteiger charge is -2.10. The molecule has 0 aliphatic carbocycles. The SMILES string of the molecule is O=C(COc1ccc2ccccc2c1)NNC(=O)C(F)(F)F. The first kappa shape index (κ1) is 15.6. The number of carbonyl (C=O) groups excluding carboxylic acids is 2. The van der Waals surface area contributed by atoms with Crippen LogP contribution in [0.4, 0.5) is 13.2 Å². The molecule has 2 aromatic carbocycles. The van der Waals surface area contributed by atoms with Crippen LogP contribution in [0, 0.1) is 0 Å². The second kappa shape index (κ2) is 6.33. The molecule has 2 aromatic rings. The molecule has 0 aromatic heterocycles. The van der Waals surface area contributed by atoms with Crippen molar-refractivity contribution < 1.29 is 27.5 Å². The topological polar surface area (TPSA) is 67.4 Å². The van der Waals surface area contributed by atoms with E-state index in [2.05, 4.69) is 0 Å². The number of ether oxygens (including phenoxy) is 1. The van der Waals surface area contributed by atoms with Crippen LogP contribution in [0.5, 0.6) is 5.75 Å². The molecule has 0 bridgehead atoms. The molecule has 0 unspecified atom stereocenters. The normalized spacial score (nSPS) is 11.0. The molecule has 116 valence electrons. The Balaban J connectivity index is 1.86. The summed E-state index contributed by atoms with van der Waals surface area (Å²) in [7, 11) is 0. The Bertz CT molecular complexity index is 701. The number of amides is 2. The number of alkyl halides is 3. The summed E-state index contributed by atoms with van der Waals surface area (Å²) in [6, 6.07) is 12.6. The van der Waals surface area contributed by atoms with Crippen molar-refractivity contribution in [2.45, 2.75) is 6.18 Å². The molecule has 5 nitrogen and oxygen atoms in total. The molecule has 0 saturated carbocycles. The van der Waals surface area contributed by atoms with Crippen LogP contribution in [-0.2, 0) is 9.59 Å². The maximum atomic E-state index is 11.9. The number of hydrogen-bond donors (Lipinski definition) is 2. The van der Waals surface area contributed by atoms with E-state index in [1.807, 2.05) is 24.3 Å². The molecule has 2 rings (SSSR count). The number of fused-ring (bicyclic) bond motifs is 1. The minimum absolute atomic E-state index is 0.385. The van der Waals surface area contributed by atoms with Crippen molar-refractivity contribution in [2.24, 2.45) is 0 Å². The maximum Gasteiger partial charge on any atom is 0.472 e. The first-order valence-corrected chi connectivity index (χ1v) is 6.14. The molecule has 8 heteroatoms. The molecule has 22 heavy (non-hydrogen) atoms. The molecule has 0 aliphatic heterocycles. The van der Waals surface area contributed by atoms with Gasteiger partial charge in [0, 0.05) is 0 Å². The molecular weight excluding hydrogens is 301 g/mol. The van der Waals surface area contributed by atoms with Gasteiger partial charge in [0.2, 0.25) is 0 Å². The highest BCUT2D eigenvalue weighted by atomic mass is 19.4. The third-order valence-electron chi connectivity index (χ3n) is 2.66. The van der Waals surface area contributed by atoms with Crippen LogP contribution >= 0.6 is 0 Å². The van der Waals surface area contributed by atoms with Gasteiger partial charge in [0.1, 0.15) is 5.75 Å². The highest BCUT2D eigenvalue weighted by Crippen LogP contribution is 2.20. The fraction of sp³-hybridized carbons (Fsp3) is 0.143. The third-order valence-corrected chi connectivity index (χ3v) is 2.66. The Kier molecular flexibility index (Phi) is 4.50. The fourth-order valence-electron chi connectivity index (χ4n) is 1.64. The van der Waals surface area contributed by atoms with E-state index in [4.69, 9.17) is 4.74 Å². The average molecular weight is 312 g/mol. The predicted molar refractivity (Wildman–Crippen MR) is 71.8 cm³/mol. The highest BCUT2D eigenvalue weighted by molar-refractivity contribution is 5.86. The van der Waals surface area contributed by atoms with Crippen molar-refractivity contribution in [3.63, 3.8) is 0 Å². The van der Waals surface area contributed by atoms with E-state index in [0.717, 1.165) is 10.8 Å². The van der Waals surface area contributed by atoms with Crippen LogP contribution in [0.1, 0.15) is 0 Å². The van der Waals surface area contributed by atoms with Gasteiger partial charge in [0.15, 0.2) is 6.61 Å². The smallest absolute Gasteiger partial charge is 0.472 e. The van der Waals surface area contributed by atoms with Crippen molar-refractivity contribution in [2.75, 3.05) is 6.61 Å². The van der Waals surface area contributed by atoms with Gasteiger partial charge in [-0.3, -0.25) is 20.4 Å². The lowest BCUT2D eigenvalue weighted by atomic mass is 10.1. The van der Waals surface area contributed by atoms with E-state index in [9.17, 15) is 22.8 Å². The summed E-state index contributed by atoms with van der Waals surface area (Å²) >= 11 is 0. The van der Waals surface area contributed by atoms with E-state index in [1.54, 1.807) is 23.6 Å². The summed E-state index contributed by atoms with van der Waals surface area (Å²) < 4.78 is 40.9. The van der Waals surface area contributed by atoms with Gasteiger partial charge in [0.25, 0.3) is 5.91 Å². The standard InChI is InChI=1S/C14H11F3N2O3/c15-14(16,17)13(21)19-18-12(20)8-22-11-6-5-9-3-1-2-4-10(9)7-11/h1-7H,8H2,(H,18,20)(H,19,21). The molecule has 0 aliphatic rings. The highest BCUT2D eigenvalue weighted by Gasteiger charge is 2.38. The van der Waals surface area contributed by atoms with Gasteiger partial charge < -0.3 is 4.74 Å². The molecule has 2 N–H and O–H groups in total. The van der Waals surface area contributed by atoms with Gasteiger partial charge in [0.05, 0.1) is 0 Å². The molecule has 0 heterocycles. The van der Waals surface area contributed by atoms with Gasteiger partial charge in [-0.1, -0.05) is 30.3 Å². The minimum atomic E-state index is -5.06. The lowest BCUT2D eigenvalue weighted by Crippen LogP contribution is -2.49. The van der Waals surface area contributed by atoms with Crippen molar-refractivity contribution in [1.29, 1.82) is 0 Å². The van der Waals surface area contributed by atoms with Crippen LogP contribution in [0.25, 0.3) is 10.8 Å². The largest absolute Gasteiger partial charge is 0.484 e. The van der Waals surface area contributed by atoms with E-state index >= 15 is 0 Å². The molecule has 0 fully saturated rings. The van der Waals surface area contributed by atoms with E-state index in [1.165, 1.54) is 5.43 Å². The first-order chi connectivity index (χ1) is 10.4. The molecule has 0 saturated heterocycles. The maximum absolute atomic E-state index is 11.9. The van der Waals surface area contributed by atoms with Gasteiger partial charge >= 0.3 is 12.1 Å². The first-order valence-electron chi connectivity index (χ1n) is 6.14. The fourth-order valence-corrected chi connectivity index (χ4v) is 1.64. The molecule has 0 atom stereocenters. The predicted octanol–water partition coefficient (Wildman–Crippen LogP) is 1.93. The monoisotopic (exact) mass is 312 g/mol. The summed E-state index contributed by atoms with van der Waals surface area (Å²) in [5.41, 5.74) is 2.86. The van der Waals surface area contributed by atoms with Crippen LogP contribution in [0.3, 0.4) is 0 Å². The van der Waals surface area contributed by atoms with E-state index in [0.29, 0.717) is 5.75 Å². The number of rotatable bonds is 3. The van der Waals surface area contributed by atoms with Crippen LogP contribution < -0.4 is 15.6 Å². The van der Waals surface area contributed by atoms with Gasteiger partial charge in [-0.2, -0.15) is 13.2 Å². The zero-order valence-corrected chi connectivity index (χ0v) is 11.1. The van der Waals surface area contributed by atoms with Crippen LogP contribution in [-0.4, -0.2) is 24.6 Å². The summed E-state index contributed by atoms with van der Waals surface area (Å²) in [5.74, 6) is -2.78. The van der Waals surface area contributed by atoms with Crippen LogP contribution in [0.15, 0.2) is 42.5 Å².